The van der Waals surface area contributed by atoms with Crippen LogP contribution in [0.25, 0.3) is 0 Å². The molecule has 1 aromatic carbocycles. The zero-order valence-electron chi connectivity index (χ0n) is 21.3. The number of alkyl carbamates (subject to hydrolysis) is 1. The highest BCUT2D eigenvalue weighted by molar-refractivity contribution is 6.22. The van der Waals surface area contributed by atoms with E-state index in [1.807, 2.05) is 0 Å². The van der Waals surface area contributed by atoms with Gasteiger partial charge in [0.15, 0.2) is 0 Å². The molecule has 0 aromatic heterocycles. The lowest BCUT2D eigenvalue weighted by Crippen LogP contribution is -2.51. The molecule has 2 aliphatic rings. The maximum Gasteiger partial charge on any atom is 0.407 e. The van der Waals surface area contributed by atoms with E-state index >= 15 is 0 Å². The van der Waals surface area contributed by atoms with Gasteiger partial charge in [-0.2, -0.15) is 0 Å². The van der Waals surface area contributed by atoms with E-state index in [4.69, 9.17) is 4.74 Å². The number of nitrogens with zero attached hydrogens (tertiary/aromatic N) is 3. The summed E-state index contributed by atoms with van der Waals surface area (Å²) < 4.78 is 5.15. The van der Waals surface area contributed by atoms with Gasteiger partial charge in [-0.05, 0) is 59.7 Å². The van der Waals surface area contributed by atoms with Gasteiger partial charge in [0.05, 0.1) is 11.1 Å². The van der Waals surface area contributed by atoms with Crippen molar-refractivity contribution >= 4 is 29.7 Å². The minimum atomic E-state index is -0.664. The number of imide groups is 1. The number of amides is 5. The largest absolute Gasteiger partial charge is 0.444 e. The molecule has 190 valence electrons. The van der Waals surface area contributed by atoms with E-state index in [1.54, 1.807) is 57.4 Å². The quantitative estimate of drug-likeness (QED) is 0.653. The van der Waals surface area contributed by atoms with Crippen molar-refractivity contribution in [1.82, 2.24) is 20.0 Å². The SMILES string of the molecule is CC(C)(C)OC(=O)NCCC(=O)N1CCN(C(=O)c2ccc3c(c2)C(=O)N(C(C)(C)C)C3=O)CC1. The molecule has 1 N–H and O–H groups in total. The Kier molecular flexibility index (Phi) is 7.23. The van der Waals surface area contributed by atoms with Crippen LogP contribution in [0, 0.1) is 0 Å². The third-order valence-electron chi connectivity index (χ3n) is 5.73. The Balaban J connectivity index is 1.54. The third kappa shape index (κ3) is 5.98. The van der Waals surface area contributed by atoms with Crippen molar-refractivity contribution in [3.05, 3.63) is 34.9 Å². The van der Waals surface area contributed by atoms with Gasteiger partial charge >= 0.3 is 6.09 Å². The van der Waals surface area contributed by atoms with Crippen LogP contribution in [0.15, 0.2) is 18.2 Å². The number of carbonyl (C=O) groups excluding carboxylic acids is 5. The number of hydrogen-bond donors (Lipinski definition) is 1. The fourth-order valence-electron chi connectivity index (χ4n) is 4.07. The number of carbonyl (C=O) groups is 5. The Bertz CT molecular complexity index is 1050. The molecule has 0 bridgehead atoms. The minimum absolute atomic E-state index is 0.114. The molecule has 5 amide bonds. The molecule has 0 atom stereocenters. The summed E-state index contributed by atoms with van der Waals surface area (Å²) in [7, 11) is 0. The highest BCUT2D eigenvalue weighted by atomic mass is 16.6. The summed E-state index contributed by atoms with van der Waals surface area (Å²) in [4.78, 5) is 67.2. The Morgan fingerprint density at radius 1 is 0.886 bits per heavy atom. The normalized spacial score (nSPS) is 16.3. The average molecular weight is 487 g/mol. The van der Waals surface area contributed by atoms with E-state index < -0.39 is 23.1 Å². The molecule has 2 heterocycles. The van der Waals surface area contributed by atoms with Crippen LogP contribution in [0.3, 0.4) is 0 Å². The second kappa shape index (κ2) is 9.67. The first kappa shape index (κ1) is 26.2. The van der Waals surface area contributed by atoms with Crippen molar-refractivity contribution in [3.63, 3.8) is 0 Å². The van der Waals surface area contributed by atoms with Crippen molar-refractivity contribution < 1.29 is 28.7 Å². The van der Waals surface area contributed by atoms with Gasteiger partial charge in [0.2, 0.25) is 5.91 Å². The van der Waals surface area contributed by atoms with Crippen LogP contribution in [-0.2, 0) is 9.53 Å². The summed E-state index contributed by atoms with van der Waals surface area (Å²) in [6, 6.07) is 4.59. The van der Waals surface area contributed by atoms with E-state index in [1.165, 1.54) is 17.0 Å². The smallest absolute Gasteiger partial charge is 0.407 e. The summed E-state index contributed by atoms with van der Waals surface area (Å²) in [5, 5.41) is 2.57. The Hall–Kier alpha value is -3.43. The van der Waals surface area contributed by atoms with Crippen LogP contribution >= 0.6 is 0 Å². The van der Waals surface area contributed by atoms with Crippen LogP contribution in [-0.4, -0.2) is 88.3 Å². The van der Waals surface area contributed by atoms with E-state index in [-0.39, 0.29) is 36.3 Å². The molecular weight excluding hydrogens is 452 g/mol. The van der Waals surface area contributed by atoms with Crippen molar-refractivity contribution in [2.45, 2.75) is 59.1 Å². The zero-order valence-corrected chi connectivity index (χ0v) is 21.3. The van der Waals surface area contributed by atoms with Gasteiger partial charge < -0.3 is 19.9 Å². The van der Waals surface area contributed by atoms with E-state index in [9.17, 15) is 24.0 Å². The van der Waals surface area contributed by atoms with Crippen LogP contribution in [0.1, 0.15) is 79.0 Å². The highest BCUT2D eigenvalue weighted by Crippen LogP contribution is 2.30. The highest BCUT2D eigenvalue weighted by Gasteiger charge is 2.42. The number of benzene rings is 1. The van der Waals surface area contributed by atoms with Crippen LogP contribution in [0.5, 0.6) is 0 Å². The standard InChI is InChI=1S/C25H34N4O6/c1-24(2,3)29-21(32)17-8-7-16(15-18(17)22(29)33)20(31)28-13-11-27(12-14-28)19(30)9-10-26-23(34)35-25(4,5)6/h7-8,15H,9-14H2,1-6H3,(H,26,34). The van der Waals surface area contributed by atoms with Gasteiger partial charge in [-0.1, -0.05) is 0 Å². The van der Waals surface area contributed by atoms with Crippen LogP contribution in [0.2, 0.25) is 0 Å². The van der Waals surface area contributed by atoms with Gasteiger partial charge in [-0.15, -0.1) is 0 Å². The van der Waals surface area contributed by atoms with Crippen molar-refractivity contribution in [1.29, 1.82) is 0 Å². The van der Waals surface area contributed by atoms with Crippen LogP contribution in [0.4, 0.5) is 4.79 Å². The summed E-state index contributed by atoms with van der Waals surface area (Å²) in [6.07, 6.45) is -0.431. The maximum atomic E-state index is 13.1. The number of nitrogens with one attached hydrogen (secondary N) is 1. The molecule has 2 aliphatic heterocycles. The van der Waals surface area contributed by atoms with Crippen molar-refractivity contribution in [2.75, 3.05) is 32.7 Å². The fraction of sp³-hybridized carbons (Fsp3) is 0.560. The Labute approximate surface area is 205 Å². The summed E-state index contributed by atoms with van der Waals surface area (Å²) >= 11 is 0. The number of ether oxygens (including phenoxy) is 1. The second-order valence-corrected chi connectivity index (χ2v) is 10.7. The molecule has 10 heteroatoms. The second-order valence-electron chi connectivity index (χ2n) is 10.7. The molecule has 1 fully saturated rings. The van der Waals surface area contributed by atoms with E-state index in [0.29, 0.717) is 37.3 Å². The first-order valence-corrected chi connectivity index (χ1v) is 11.8. The van der Waals surface area contributed by atoms with E-state index in [2.05, 4.69) is 5.32 Å². The lowest BCUT2D eigenvalue weighted by Gasteiger charge is -2.35. The van der Waals surface area contributed by atoms with Gasteiger partial charge in [-0.25, -0.2) is 4.79 Å². The molecule has 0 radical (unpaired) electrons. The van der Waals surface area contributed by atoms with E-state index in [0.717, 1.165) is 0 Å². The molecule has 1 aromatic rings. The summed E-state index contributed by atoms with van der Waals surface area (Å²) in [6.45, 7) is 12.3. The fourth-order valence-corrected chi connectivity index (χ4v) is 4.07. The number of hydrogen-bond acceptors (Lipinski definition) is 6. The lowest BCUT2D eigenvalue weighted by molar-refractivity contribution is -0.132. The molecule has 1 saturated heterocycles. The zero-order chi connectivity index (χ0) is 26.1. The van der Waals surface area contributed by atoms with Gasteiger partial charge in [0.1, 0.15) is 5.60 Å². The summed E-state index contributed by atoms with van der Waals surface area (Å²) in [5.41, 5.74) is -0.395. The molecular formula is C25H34N4O6. The first-order valence-electron chi connectivity index (χ1n) is 11.8. The number of piperazine rings is 1. The van der Waals surface area contributed by atoms with Crippen LogP contribution < -0.4 is 5.32 Å². The first-order chi connectivity index (χ1) is 16.2. The predicted molar refractivity (Wildman–Crippen MR) is 128 cm³/mol. The maximum absolute atomic E-state index is 13.1. The average Bonchev–Trinajstić information content (AvgIpc) is 3.01. The molecule has 35 heavy (non-hydrogen) atoms. The monoisotopic (exact) mass is 486 g/mol. The third-order valence-corrected chi connectivity index (χ3v) is 5.73. The number of rotatable bonds is 4. The molecule has 0 saturated carbocycles. The van der Waals surface area contributed by atoms with Gasteiger partial charge in [-0.3, -0.25) is 24.1 Å². The van der Waals surface area contributed by atoms with Crippen molar-refractivity contribution in [3.8, 4) is 0 Å². The molecule has 10 nitrogen and oxygen atoms in total. The molecule has 3 rings (SSSR count). The molecule has 0 aliphatic carbocycles. The summed E-state index contributed by atoms with van der Waals surface area (Å²) in [5.74, 6) is -1.12. The minimum Gasteiger partial charge on any atom is -0.444 e. The Morgan fingerprint density at radius 3 is 2.03 bits per heavy atom. The van der Waals surface area contributed by atoms with Gasteiger partial charge in [0, 0.05) is 50.2 Å². The molecule has 0 spiro atoms. The Morgan fingerprint density at radius 2 is 1.46 bits per heavy atom. The lowest BCUT2D eigenvalue weighted by atomic mass is 10.0. The number of fused-ring (bicyclic) bond motifs is 1. The molecule has 0 unspecified atom stereocenters. The van der Waals surface area contributed by atoms with Crippen molar-refractivity contribution in [2.24, 2.45) is 0 Å². The topological polar surface area (TPSA) is 116 Å². The predicted octanol–water partition coefficient (Wildman–Crippen LogP) is 2.28. The van der Waals surface area contributed by atoms with Gasteiger partial charge in [0.25, 0.3) is 17.7 Å².